The average Bonchev–Trinajstić information content (AvgIpc) is 3.25. The first-order valence-corrected chi connectivity index (χ1v) is 8.75. The lowest BCUT2D eigenvalue weighted by atomic mass is 9.98. The minimum Gasteiger partial charge on any atom is -0.423 e. The van der Waals surface area contributed by atoms with Gasteiger partial charge in [-0.25, -0.2) is 4.99 Å². The standard InChI is InChI=1S/C18H17ClN6O2/c1-9-13(16(26)20-2)15(14-10(19)7-8-21-14)24-17(22-9)25-18-23-11-5-3-4-6-12(11)27-18/h3-7,15H,8H2,1-2H3,(H,20,26)(H2,22,23,24,25). The molecule has 0 saturated heterocycles. The van der Waals surface area contributed by atoms with E-state index in [4.69, 9.17) is 16.0 Å². The fourth-order valence-electron chi connectivity index (χ4n) is 3.01. The molecule has 1 unspecified atom stereocenters. The summed E-state index contributed by atoms with van der Waals surface area (Å²) in [4.78, 5) is 25.8. The number of benzene rings is 1. The van der Waals surface area contributed by atoms with Gasteiger partial charge in [-0.3, -0.25) is 15.1 Å². The second-order valence-electron chi connectivity index (χ2n) is 6.01. The zero-order valence-electron chi connectivity index (χ0n) is 14.7. The second kappa shape index (κ2) is 6.88. The Hall–Kier alpha value is -3.13. The van der Waals surface area contributed by atoms with Gasteiger partial charge in [-0.2, -0.15) is 4.98 Å². The van der Waals surface area contributed by atoms with Crippen LogP contribution in [0.25, 0.3) is 11.1 Å². The predicted molar refractivity (Wildman–Crippen MR) is 105 cm³/mol. The number of rotatable bonds is 3. The average molecular weight is 385 g/mol. The number of allylic oxidation sites excluding steroid dienone is 1. The molecule has 1 amide bonds. The van der Waals surface area contributed by atoms with Crippen molar-refractivity contribution in [3.63, 3.8) is 0 Å². The van der Waals surface area contributed by atoms with Crippen molar-refractivity contribution >= 4 is 46.3 Å². The number of oxazole rings is 1. The summed E-state index contributed by atoms with van der Waals surface area (Å²) in [5.74, 6) is 0.157. The molecule has 2 aliphatic rings. The number of amides is 1. The molecular formula is C18H17ClN6O2. The molecule has 0 saturated carbocycles. The van der Waals surface area contributed by atoms with Crippen LogP contribution in [0, 0.1) is 0 Å². The van der Waals surface area contributed by atoms with E-state index in [9.17, 15) is 4.79 Å². The van der Waals surface area contributed by atoms with Crippen LogP contribution in [0.5, 0.6) is 0 Å². The van der Waals surface area contributed by atoms with E-state index in [0.29, 0.717) is 46.1 Å². The highest BCUT2D eigenvalue weighted by atomic mass is 35.5. The highest BCUT2D eigenvalue weighted by Gasteiger charge is 2.33. The Labute approximate surface area is 160 Å². The molecule has 3 N–H and O–H groups in total. The summed E-state index contributed by atoms with van der Waals surface area (Å²) in [6.45, 7) is 2.27. The molecule has 27 heavy (non-hydrogen) atoms. The molecule has 2 aromatic rings. The lowest BCUT2D eigenvalue weighted by Crippen LogP contribution is -2.43. The largest absolute Gasteiger partial charge is 0.423 e. The number of halogens is 1. The van der Waals surface area contributed by atoms with Crippen LogP contribution in [0.15, 0.2) is 61.0 Å². The number of likely N-dealkylation sites (N-methyl/N-ethyl adjacent to an activating group) is 1. The molecule has 3 heterocycles. The second-order valence-corrected chi connectivity index (χ2v) is 6.42. The molecule has 1 atom stereocenters. The zero-order valence-corrected chi connectivity index (χ0v) is 15.5. The summed E-state index contributed by atoms with van der Waals surface area (Å²) in [6.07, 6.45) is 1.79. The number of aromatic nitrogens is 1. The van der Waals surface area contributed by atoms with Gasteiger partial charge in [-0.15, -0.1) is 0 Å². The summed E-state index contributed by atoms with van der Waals surface area (Å²) in [6, 6.07) is 7.13. The van der Waals surface area contributed by atoms with Crippen molar-refractivity contribution < 1.29 is 9.21 Å². The van der Waals surface area contributed by atoms with Crippen molar-refractivity contribution in [3.05, 3.63) is 46.6 Å². The van der Waals surface area contributed by atoms with E-state index < -0.39 is 6.04 Å². The molecule has 0 radical (unpaired) electrons. The monoisotopic (exact) mass is 384 g/mol. The van der Waals surface area contributed by atoms with Gasteiger partial charge in [0.25, 0.3) is 5.91 Å². The Morgan fingerprint density at radius 3 is 2.89 bits per heavy atom. The van der Waals surface area contributed by atoms with Gasteiger partial charge in [0.05, 0.1) is 22.9 Å². The molecule has 1 aromatic carbocycles. The van der Waals surface area contributed by atoms with Crippen LogP contribution >= 0.6 is 11.6 Å². The number of nitrogens with one attached hydrogen (secondary N) is 3. The van der Waals surface area contributed by atoms with E-state index in [1.807, 2.05) is 24.3 Å². The zero-order chi connectivity index (χ0) is 19.0. The number of para-hydroxylation sites is 2. The molecular weight excluding hydrogens is 368 g/mol. The van der Waals surface area contributed by atoms with Gasteiger partial charge < -0.3 is 15.1 Å². The molecule has 0 aliphatic carbocycles. The first-order valence-electron chi connectivity index (χ1n) is 8.37. The van der Waals surface area contributed by atoms with Gasteiger partial charge in [-0.1, -0.05) is 23.7 Å². The Morgan fingerprint density at radius 1 is 1.37 bits per heavy atom. The third-order valence-corrected chi connectivity index (χ3v) is 4.62. The SMILES string of the molecule is CNC(=O)C1=C(C)NC(Nc2nc3ccccc3o2)=NC1C1=NCC=C1Cl. The number of hydrogen-bond donors (Lipinski definition) is 3. The number of anilines is 1. The number of guanidine groups is 1. The number of carbonyl (C=O) groups is 1. The fraction of sp³-hybridized carbons (Fsp3) is 0.222. The summed E-state index contributed by atoms with van der Waals surface area (Å²) in [5.41, 5.74) is 3.07. The van der Waals surface area contributed by atoms with Crippen LogP contribution in [-0.4, -0.2) is 42.2 Å². The highest BCUT2D eigenvalue weighted by molar-refractivity contribution is 6.45. The maximum atomic E-state index is 12.4. The van der Waals surface area contributed by atoms with Crippen LogP contribution in [0.4, 0.5) is 6.01 Å². The topological polar surface area (TPSA) is 104 Å². The van der Waals surface area contributed by atoms with Gasteiger partial charge >= 0.3 is 6.01 Å². The molecule has 2 aliphatic heterocycles. The van der Waals surface area contributed by atoms with Crippen LogP contribution in [0.1, 0.15) is 6.92 Å². The van der Waals surface area contributed by atoms with Crippen molar-refractivity contribution in [1.29, 1.82) is 0 Å². The minimum atomic E-state index is -0.621. The van der Waals surface area contributed by atoms with Crippen molar-refractivity contribution in [3.8, 4) is 0 Å². The number of fused-ring (bicyclic) bond motifs is 1. The maximum Gasteiger partial charge on any atom is 0.302 e. The Kier molecular flexibility index (Phi) is 4.41. The molecule has 9 heteroatoms. The highest BCUT2D eigenvalue weighted by Crippen LogP contribution is 2.25. The summed E-state index contributed by atoms with van der Waals surface area (Å²) < 4.78 is 5.68. The van der Waals surface area contributed by atoms with E-state index in [-0.39, 0.29) is 5.91 Å². The maximum absolute atomic E-state index is 12.4. The molecule has 0 fully saturated rings. The Bertz CT molecular complexity index is 1020. The smallest absolute Gasteiger partial charge is 0.302 e. The van der Waals surface area contributed by atoms with Gasteiger partial charge in [0.2, 0.25) is 5.96 Å². The van der Waals surface area contributed by atoms with Gasteiger partial charge in [0.15, 0.2) is 5.58 Å². The van der Waals surface area contributed by atoms with E-state index in [2.05, 4.69) is 30.9 Å². The van der Waals surface area contributed by atoms with Gasteiger partial charge in [0.1, 0.15) is 11.6 Å². The summed E-state index contributed by atoms with van der Waals surface area (Å²) in [5, 5.41) is 9.25. The third kappa shape index (κ3) is 3.19. The molecule has 8 nitrogen and oxygen atoms in total. The lowest BCUT2D eigenvalue weighted by Gasteiger charge is -2.26. The number of aliphatic imine (C=N–C) groups is 2. The van der Waals surface area contributed by atoms with Crippen LogP contribution < -0.4 is 16.0 Å². The fourth-order valence-corrected chi connectivity index (χ4v) is 3.25. The van der Waals surface area contributed by atoms with Crippen molar-refractivity contribution in [2.24, 2.45) is 9.98 Å². The first-order chi connectivity index (χ1) is 13.1. The first kappa shape index (κ1) is 17.3. The quantitative estimate of drug-likeness (QED) is 0.752. The molecule has 138 valence electrons. The Morgan fingerprint density at radius 2 is 2.19 bits per heavy atom. The van der Waals surface area contributed by atoms with Crippen molar-refractivity contribution in [1.82, 2.24) is 15.6 Å². The predicted octanol–water partition coefficient (Wildman–Crippen LogP) is 2.16. The third-order valence-electron chi connectivity index (χ3n) is 4.27. The lowest BCUT2D eigenvalue weighted by molar-refractivity contribution is -0.117. The minimum absolute atomic E-state index is 0.242. The van der Waals surface area contributed by atoms with Crippen LogP contribution in [0.3, 0.4) is 0 Å². The summed E-state index contributed by atoms with van der Waals surface area (Å²) >= 11 is 6.27. The summed E-state index contributed by atoms with van der Waals surface area (Å²) in [7, 11) is 1.57. The van der Waals surface area contributed by atoms with E-state index in [1.165, 1.54) is 0 Å². The number of nitrogens with zero attached hydrogens (tertiary/aromatic N) is 3. The van der Waals surface area contributed by atoms with Gasteiger partial charge in [-0.05, 0) is 25.1 Å². The number of hydrogen-bond acceptors (Lipinski definition) is 7. The molecule has 0 bridgehead atoms. The molecule has 1 aromatic heterocycles. The van der Waals surface area contributed by atoms with E-state index in [1.54, 1.807) is 20.0 Å². The Balaban J connectivity index is 1.68. The van der Waals surface area contributed by atoms with Crippen molar-refractivity contribution in [2.75, 3.05) is 18.9 Å². The number of carbonyl (C=O) groups excluding carboxylic acids is 1. The van der Waals surface area contributed by atoms with E-state index in [0.717, 1.165) is 5.52 Å². The van der Waals surface area contributed by atoms with Crippen LogP contribution in [-0.2, 0) is 4.79 Å². The normalized spacial score (nSPS) is 19.4. The van der Waals surface area contributed by atoms with Crippen molar-refractivity contribution in [2.45, 2.75) is 13.0 Å². The molecule has 0 spiro atoms. The van der Waals surface area contributed by atoms with Gasteiger partial charge in [0, 0.05) is 12.7 Å². The van der Waals surface area contributed by atoms with E-state index >= 15 is 0 Å². The molecule has 4 rings (SSSR count). The van der Waals surface area contributed by atoms with Crippen LogP contribution in [0.2, 0.25) is 0 Å².